The van der Waals surface area contributed by atoms with Crippen molar-refractivity contribution in [3.05, 3.63) is 53.8 Å². The van der Waals surface area contributed by atoms with Gasteiger partial charge in [0.25, 0.3) is 0 Å². The first-order chi connectivity index (χ1) is 13.6. The zero-order chi connectivity index (χ0) is 19.9. The Labute approximate surface area is 164 Å². The Morgan fingerprint density at radius 1 is 1.07 bits per heavy atom. The van der Waals surface area contributed by atoms with Crippen LogP contribution in [0.2, 0.25) is 0 Å². The lowest BCUT2D eigenvalue weighted by Crippen LogP contribution is -2.52. The molecule has 0 spiro atoms. The molecule has 6 nitrogen and oxygen atoms in total. The highest BCUT2D eigenvalue weighted by atomic mass is 19.1. The molecule has 1 aliphatic heterocycles. The molecule has 150 valence electrons. The summed E-state index contributed by atoms with van der Waals surface area (Å²) in [6, 6.07) is 12.2. The van der Waals surface area contributed by atoms with E-state index in [9.17, 15) is 9.18 Å². The molecule has 2 amide bonds. The first-order valence-corrected chi connectivity index (χ1v) is 9.35. The third-order valence-electron chi connectivity index (χ3n) is 4.92. The molecule has 0 aliphatic carbocycles. The molecular formula is C21H26FN3O3. The van der Waals surface area contributed by atoms with E-state index in [1.54, 1.807) is 37.3 Å². The predicted molar refractivity (Wildman–Crippen MR) is 107 cm³/mol. The Morgan fingerprint density at radius 2 is 1.82 bits per heavy atom. The topological polar surface area (TPSA) is 54.0 Å². The summed E-state index contributed by atoms with van der Waals surface area (Å²) in [6.07, 6.45) is 0.472. The lowest BCUT2D eigenvalue weighted by atomic mass is 10.1. The Morgan fingerprint density at radius 3 is 2.50 bits per heavy atom. The number of methoxy groups -OCH3 is 2. The fraction of sp³-hybridized carbons (Fsp3) is 0.381. The van der Waals surface area contributed by atoms with Crippen LogP contribution in [0.4, 0.5) is 14.9 Å². The van der Waals surface area contributed by atoms with Crippen LogP contribution in [0, 0.1) is 5.82 Å². The van der Waals surface area contributed by atoms with Crippen molar-refractivity contribution in [2.24, 2.45) is 0 Å². The van der Waals surface area contributed by atoms with Crippen molar-refractivity contribution in [1.82, 2.24) is 10.2 Å². The summed E-state index contributed by atoms with van der Waals surface area (Å²) in [7, 11) is 3.28. The minimum Gasteiger partial charge on any atom is -0.497 e. The molecule has 1 aliphatic rings. The second kappa shape index (κ2) is 9.30. The third kappa shape index (κ3) is 4.65. The minimum absolute atomic E-state index is 0.117. The number of carbonyl (C=O) groups excluding carboxylic acids is 1. The Hall–Kier alpha value is -2.96. The summed E-state index contributed by atoms with van der Waals surface area (Å²) in [5.74, 6) is 1.31. The fourth-order valence-corrected chi connectivity index (χ4v) is 3.31. The molecule has 1 N–H and O–H groups in total. The fourth-order valence-electron chi connectivity index (χ4n) is 3.31. The summed E-state index contributed by atoms with van der Waals surface area (Å²) < 4.78 is 24.4. The maximum atomic E-state index is 13.6. The van der Waals surface area contributed by atoms with E-state index >= 15 is 0 Å². The molecule has 0 atom stereocenters. The highest BCUT2D eigenvalue weighted by molar-refractivity contribution is 5.74. The number of benzene rings is 2. The van der Waals surface area contributed by atoms with Gasteiger partial charge in [0.1, 0.15) is 17.3 Å². The van der Waals surface area contributed by atoms with Crippen LogP contribution in [-0.4, -0.2) is 57.9 Å². The standard InChI is InChI=1S/C21H26FN3O3/c1-27-17-7-8-20(28-2)19(15-17)24-11-13-25(14-12-24)21(26)23-10-9-16-5-3-4-6-18(16)22/h3-8,15H,9-14H2,1-2H3,(H,23,26). The van der Waals surface area contributed by atoms with Crippen molar-refractivity contribution in [2.45, 2.75) is 6.42 Å². The van der Waals surface area contributed by atoms with Crippen LogP contribution in [-0.2, 0) is 6.42 Å². The smallest absolute Gasteiger partial charge is 0.317 e. The zero-order valence-electron chi connectivity index (χ0n) is 16.3. The van der Waals surface area contributed by atoms with Gasteiger partial charge in [0, 0.05) is 38.8 Å². The van der Waals surface area contributed by atoms with Crippen LogP contribution in [0.1, 0.15) is 5.56 Å². The first-order valence-electron chi connectivity index (χ1n) is 9.35. The number of ether oxygens (including phenoxy) is 2. The number of urea groups is 1. The molecule has 0 saturated carbocycles. The van der Waals surface area contributed by atoms with Gasteiger partial charge < -0.3 is 24.6 Å². The maximum Gasteiger partial charge on any atom is 0.317 e. The van der Waals surface area contributed by atoms with Crippen molar-refractivity contribution in [1.29, 1.82) is 0 Å². The van der Waals surface area contributed by atoms with Crippen LogP contribution in [0.3, 0.4) is 0 Å². The molecule has 1 heterocycles. The third-order valence-corrected chi connectivity index (χ3v) is 4.92. The highest BCUT2D eigenvalue weighted by Crippen LogP contribution is 2.32. The lowest BCUT2D eigenvalue weighted by Gasteiger charge is -2.36. The molecule has 3 rings (SSSR count). The molecule has 1 fully saturated rings. The van der Waals surface area contributed by atoms with Gasteiger partial charge in [0.05, 0.1) is 19.9 Å². The summed E-state index contributed by atoms with van der Waals surface area (Å²) >= 11 is 0. The maximum absolute atomic E-state index is 13.6. The van der Waals surface area contributed by atoms with Crippen LogP contribution >= 0.6 is 0 Å². The van der Waals surface area contributed by atoms with Gasteiger partial charge in [-0.3, -0.25) is 0 Å². The zero-order valence-corrected chi connectivity index (χ0v) is 16.3. The first kappa shape index (κ1) is 19.8. The van der Waals surface area contributed by atoms with Crippen LogP contribution in [0.25, 0.3) is 0 Å². The average molecular weight is 387 g/mol. The molecule has 2 aromatic carbocycles. The molecule has 0 unspecified atom stereocenters. The van der Waals surface area contributed by atoms with Gasteiger partial charge in [-0.1, -0.05) is 18.2 Å². The SMILES string of the molecule is COc1ccc(OC)c(N2CCN(C(=O)NCCc3ccccc3F)CC2)c1. The van der Waals surface area contributed by atoms with Gasteiger partial charge in [-0.05, 0) is 30.2 Å². The summed E-state index contributed by atoms with van der Waals surface area (Å²) in [6.45, 7) is 3.01. The van der Waals surface area contributed by atoms with E-state index < -0.39 is 0 Å². The van der Waals surface area contributed by atoms with Gasteiger partial charge in [-0.25, -0.2) is 9.18 Å². The van der Waals surface area contributed by atoms with Gasteiger partial charge >= 0.3 is 6.03 Å². The highest BCUT2D eigenvalue weighted by Gasteiger charge is 2.23. The molecule has 0 bridgehead atoms. The molecule has 7 heteroatoms. The number of carbonyl (C=O) groups is 1. The summed E-state index contributed by atoms with van der Waals surface area (Å²) in [5.41, 5.74) is 1.57. The second-order valence-electron chi connectivity index (χ2n) is 6.59. The molecule has 28 heavy (non-hydrogen) atoms. The van der Waals surface area contributed by atoms with E-state index in [0.717, 1.165) is 17.2 Å². The Kier molecular flexibility index (Phi) is 6.57. The van der Waals surface area contributed by atoms with Crippen molar-refractivity contribution in [2.75, 3.05) is 51.8 Å². The van der Waals surface area contributed by atoms with E-state index in [-0.39, 0.29) is 11.8 Å². The Balaban J connectivity index is 1.51. The quantitative estimate of drug-likeness (QED) is 0.828. The van der Waals surface area contributed by atoms with E-state index in [1.165, 1.54) is 6.07 Å². The number of hydrogen-bond acceptors (Lipinski definition) is 4. The number of hydrogen-bond donors (Lipinski definition) is 1. The summed E-state index contributed by atoms with van der Waals surface area (Å²) in [4.78, 5) is 16.4. The number of rotatable bonds is 6. The average Bonchev–Trinajstić information content (AvgIpc) is 2.74. The van der Waals surface area contributed by atoms with Gasteiger partial charge in [0.15, 0.2) is 0 Å². The minimum atomic E-state index is -0.238. The van der Waals surface area contributed by atoms with E-state index in [1.807, 2.05) is 18.2 Å². The number of amides is 2. The number of anilines is 1. The van der Waals surface area contributed by atoms with E-state index in [0.29, 0.717) is 44.7 Å². The molecule has 0 radical (unpaired) electrons. The van der Waals surface area contributed by atoms with Gasteiger partial charge in [-0.15, -0.1) is 0 Å². The second-order valence-corrected chi connectivity index (χ2v) is 6.59. The van der Waals surface area contributed by atoms with Gasteiger partial charge in [0.2, 0.25) is 0 Å². The van der Waals surface area contributed by atoms with E-state index in [4.69, 9.17) is 9.47 Å². The summed E-state index contributed by atoms with van der Waals surface area (Å²) in [5, 5.41) is 2.88. The van der Waals surface area contributed by atoms with Crippen molar-refractivity contribution in [3.8, 4) is 11.5 Å². The van der Waals surface area contributed by atoms with Gasteiger partial charge in [-0.2, -0.15) is 0 Å². The van der Waals surface area contributed by atoms with Crippen molar-refractivity contribution >= 4 is 11.7 Å². The molecule has 1 saturated heterocycles. The number of halogens is 1. The largest absolute Gasteiger partial charge is 0.497 e. The predicted octanol–water partition coefficient (Wildman–Crippen LogP) is 2.92. The normalized spacial score (nSPS) is 14.0. The van der Waals surface area contributed by atoms with Crippen molar-refractivity contribution in [3.63, 3.8) is 0 Å². The van der Waals surface area contributed by atoms with Crippen LogP contribution in [0.15, 0.2) is 42.5 Å². The lowest BCUT2D eigenvalue weighted by molar-refractivity contribution is 0.194. The molecule has 0 aromatic heterocycles. The van der Waals surface area contributed by atoms with Crippen molar-refractivity contribution < 1.29 is 18.7 Å². The van der Waals surface area contributed by atoms with Crippen LogP contribution < -0.4 is 19.7 Å². The number of nitrogens with one attached hydrogen (secondary N) is 1. The van der Waals surface area contributed by atoms with Crippen LogP contribution in [0.5, 0.6) is 11.5 Å². The monoisotopic (exact) mass is 387 g/mol. The van der Waals surface area contributed by atoms with E-state index in [2.05, 4.69) is 10.2 Å². The Bertz CT molecular complexity index is 807. The molecule has 2 aromatic rings. The molecular weight excluding hydrogens is 361 g/mol. The number of piperazine rings is 1. The number of nitrogens with zero attached hydrogens (tertiary/aromatic N) is 2.